The van der Waals surface area contributed by atoms with E-state index in [9.17, 15) is 18.5 Å². The molecule has 226 valence electrons. The van der Waals surface area contributed by atoms with Crippen LogP contribution >= 0.6 is 0 Å². The zero-order valence-corrected chi connectivity index (χ0v) is 25.2. The summed E-state index contributed by atoms with van der Waals surface area (Å²) in [5.41, 5.74) is 3.68. The molecule has 2 saturated heterocycles. The second kappa shape index (κ2) is 10.9. The maximum absolute atomic E-state index is 12.7. The molecule has 1 N–H and O–H groups in total. The minimum Gasteiger partial charge on any atom is -0.368 e. The van der Waals surface area contributed by atoms with Gasteiger partial charge in [-0.1, -0.05) is 24.3 Å². The first-order chi connectivity index (χ1) is 21.3. The molecule has 44 heavy (non-hydrogen) atoms. The molecule has 2 aromatic carbocycles. The third kappa shape index (κ3) is 5.14. The van der Waals surface area contributed by atoms with Gasteiger partial charge in [-0.25, -0.2) is 18.4 Å². The topological polar surface area (TPSA) is 140 Å². The number of benzene rings is 2. The van der Waals surface area contributed by atoms with E-state index in [4.69, 9.17) is 4.98 Å². The molecule has 4 heterocycles. The number of para-hydroxylation sites is 1. The number of rotatable bonds is 8. The van der Waals surface area contributed by atoms with Gasteiger partial charge in [-0.3, -0.25) is 9.48 Å². The van der Waals surface area contributed by atoms with Crippen molar-refractivity contribution in [1.29, 1.82) is 5.26 Å². The summed E-state index contributed by atoms with van der Waals surface area (Å²) in [5.74, 6) is 0.563. The van der Waals surface area contributed by atoms with Crippen LogP contribution in [0.15, 0.2) is 61.1 Å². The van der Waals surface area contributed by atoms with Crippen LogP contribution < -0.4 is 10.2 Å². The zero-order valence-electron chi connectivity index (χ0n) is 24.4. The lowest BCUT2D eigenvalue weighted by atomic mass is 9.89. The number of piperazine rings is 1. The van der Waals surface area contributed by atoms with Crippen molar-refractivity contribution in [3.63, 3.8) is 0 Å². The van der Waals surface area contributed by atoms with Crippen molar-refractivity contribution in [2.45, 2.75) is 37.0 Å². The molecule has 4 aromatic rings. The van der Waals surface area contributed by atoms with E-state index in [1.807, 2.05) is 41.4 Å². The highest BCUT2D eigenvalue weighted by Gasteiger charge is 2.53. The van der Waals surface area contributed by atoms with Gasteiger partial charge in [0.1, 0.15) is 5.54 Å². The smallest absolute Gasteiger partial charge is 0.227 e. The third-order valence-corrected chi connectivity index (χ3v) is 11.1. The van der Waals surface area contributed by atoms with Gasteiger partial charge in [-0.2, -0.15) is 14.7 Å². The Labute approximate surface area is 256 Å². The number of aromatic nitrogens is 4. The predicted octanol–water partition coefficient (Wildman–Crippen LogP) is 3.32. The number of nitrogens with one attached hydrogen (secondary N) is 1. The van der Waals surface area contributed by atoms with Crippen molar-refractivity contribution in [1.82, 2.24) is 29.0 Å². The van der Waals surface area contributed by atoms with Gasteiger partial charge in [-0.05, 0) is 31.0 Å². The number of hydrogen-bond donors (Lipinski definition) is 1. The first-order valence-electron chi connectivity index (χ1n) is 14.8. The average Bonchev–Trinajstić information content (AvgIpc) is 3.77. The van der Waals surface area contributed by atoms with Crippen LogP contribution in [-0.2, 0) is 20.4 Å². The van der Waals surface area contributed by atoms with Crippen LogP contribution in [0.5, 0.6) is 0 Å². The molecular formula is C31H33N9O3S. The van der Waals surface area contributed by atoms with E-state index >= 15 is 0 Å². The molecule has 0 bridgehead atoms. The standard InChI is InChI=1S/C31H33N9O3S/c1-22(41)37-12-14-38(15-13-37)26-6-3-5-25(16-26)35-30-33-17-23-4-2-7-28(29(23)36-30)24-18-34-40(19-24)31(10-11-32)20-39(21-31)44(42,43)27-8-9-27/h2-7,16-19,27H,8-10,12-15,20-21H2,1H3,(H,33,35,36). The lowest BCUT2D eigenvalue weighted by Gasteiger charge is -2.48. The van der Waals surface area contributed by atoms with E-state index in [2.05, 4.69) is 38.5 Å². The molecule has 1 aliphatic carbocycles. The summed E-state index contributed by atoms with van der Waals surface area (Å²) in [6.07, 6.45) is 7.00. The molecule has 7 rings (SSSR count). The van der Waals surface area contributed by atoms with E-state index in [-0.39, 0.29) is 30.7 Å². The van der Waals surface area contributed by atoms with Crippen LogP contribution in [0.25, 0.3) is 22.0 Å². The number of fused-ring (bicyclic) bond motifs is 1. The Morgan fingerprint density at radius 1 is 1.09 bits per heavy atom. The van der Waals surface area contributed by atoms with Crippen molar-refractivity contribution < 1.29 is 13.2 Å². The van der Waals surface area contributed by atoms with E-state index in [1.165, 1.54) is 4.31 Å². The molecule has 13 heteroatoms. The number of carbonyl (C=O) groups excluding carboxylic acids is 1. The highest BCUT2D eigenvalue weighted by Crippen LogP contribution is 2.40. The number of carbonyl (C=O) groups is 1. The van der Waals surface area contributed by atoms with E-state index in [0.29, 0.717) is 31.9 Å². The van der Waals surface area contributed by atoms with Crippen molar-refractivity contribution in [3.05, 3.63) is 61.1 Å². The summed E-state index contributed by atoms with van der Waals surface area (Å²) in [5, 5.41) is 18.1. The second-order valence-electron chi connectivity index (χ2n) is 11.9. The molecule has 0 unspecified atom stereocenters. The number of hydrogen-bond acceptors (Lipinski definition) is 9. The zero-order chi connectivity index (χ0) is 30.5. The van der Waals surface area contributed by atoms with Crippen molar-refractivity contribution >= 4 is 44.2 Å². The van der Waals surface area contributed by atoms with E-state index in [0.717, 1.165) is 46.5 Å². The Morgan fingerprint density at radius 3 is 2.59 bits per heavy atom. The molecule has 0 radical (unpaired) electrons. The summed E-state index contributed by atoms with van der Waals surface area (Å²) in [6, 6.07) is 16.2. The average molecular weight is 612 g/mol. The predicted molar refractivity (Wildman–Crippen MR) is 167 cm³/mol. The maximum atomic E-state index is 12.7. The van der Waals surface area contributed by atoms with Crippen LogP contribution in [0.3, 0.4) is 0 Å². The Morgan fingerprint density at radius 2 is 1.86 bits per heavy atom. The van der Waals surface area contributed by atoms with Gasteiger partial charge in [0.25, 0.3) is 0 Å². The lowest BCUT2D eigenvalue weighted by molar-refractivity contribution is -0.129. The molecule has 0 spiro atoms. The fourth-order valence-corrected chi connectivity index (χ4v) is 8.10. The van der Waals surface area contributed by atoms with E-state index < -0.39 is 15.6 Å². The van der Waals surface area contributed by atoms with Crippen LogP contribution in [-0.4, -0.2) is 87.8 Å². The molecule has 1 amide bonds. The van der Waals surface area contributed by atoms with Crippen molar-refractivity contribution in [3.8, 4) is 17.2 Å². The Hall–Kier alpha value is -4.54. The summed E-state index contributed by atoms with van der Waals surface area (Å²) >= 11 is 0. The highest BCUT2D eigenvalue weighted by atomic mass is 32.2. The van der Waals surface area contributed by atoms with Gasteiger partial charge in [-0.15, -0.1) is 0 Å². The molecule has 1 saturated carbocycles. The minimum absolute atomic E-state index is 0.107. The van der Waals surface area contributed by atoms with Crippen LogP contribution in [0.1, 0.15) is 26.2 Å². The van der Waals surface area contributed by atoms with Crippen LogP contribution in [0.2, 0.25) is 0 Å². The number of nitriles is 1. The Bertz CT molecular complexity index is 1880. The fraction of sp³-hybridized carbons (Fsp3) is 0.387. The number of amides is 1. The second-order valence-corrected chi connectivity index (χ2v) is 14.1. The first-order valence-corrected chi connectivity index (χ1v) is 16.3. The largest absolute Gasteiger partial charge is 0.368 e. The highest BCUT2D eigenvalue weighted by molar-refractivity contribution is 7.90. The number of anilines is 3. The number of sulfonamides is 1. The van der Waals surface area contributed by atoms with Gasteiger partial charge >= 0.3 is 0 Å². The molecule has 2 aliphatic heterocycles. The van der Waals surface area contributed by atoms with E-state index in [1.54, 1.807) is 24.0 Å². The molecule has 3 fully saturated rings. The monoisotopic (exact) mass is 611 g/mol. The molecular weight excluding hydrogens is 578 g/mol. The van der Waals surface area contributed by atoms with Gasteiger partial charge in [0.2, 0.25) is 21.9 Å². The minimum atomic E-state index is -3.30. The first kappa shape index (κ1) is 28.2. The molecule has 12 nitrogen and oxygen atoms in total. The van der Waals surface area contributed by atoms with Gasteiger partial charge in [0, 0.05) is 86.5 Å². The summed E-state index contributed by atoms with van der Waals surface area (Å²) in [7, 11) is -3.30. The normalized spacial score (nSPS) is 18.5. The lowest BCUT2D eigenvalue weighted by Crippen LogP contribution is -2.64. The summed E-state index contributed by atoms with van der Waals surface area (Å²) < 4.78 is 28.7. The summed E-state index contributed by atoms with van der Waals surface area (Å²) in [6.45, 7) is 5.06. The SMILES string of the molecule is CC(=O)N1CCN(c2cccc(Nc3ncc4cccc(-c5cnn(C6(CC#N)CN(S(=O)(=O)C7CC7)C6)c5)c4n3)c2)CC1. The maximum Gasteiger partial charge on any atom is 0.227 e. The van der Waals surface area contributed by atoms with Gasteiger partial charge in [0.05, 0.1) is 29.5 Å². The van der Waals surface area contributed by atoms with Gasteiger partial charge in [0.15, 0.2) is 0 Å². The quantitative estimate of drug-likeness (QED) is 0.318. The molecule has 0 atom stereocenters. The number of nitrogens with zero attached hydrogens (tertiary/aromatic N) is 8. The molecule has 3 aliphatic rings. The molecule has 2 aromatic heterocycles. The summed E-state index contributed by atoms with van der Waals surface area (Å²) in [4.78, 5) is 25.3. The Balaban J connectivity index is 1.12. The van der Waals surface area contributed by atoms with Crippen LogP contribution in [0.4, 0.5) is 17.3 Å². The van der Waals surface area contributed by atoms with Crippen molar-refractivity contribution in [2.75, 3.05) is 49.5 Å². The Kier molecular flexibility index (Phi) is 6.98. The van der Waals surface area contributed by atoms with Crippen LogP contribution in [0, 0.1) is 11.3 Å². The van der Waals surface area contributed by atoms with Gasteiger partial charge < -0.3 is 15.1 Å². The van der Waals surface area contributed by atoms with Crippen molar-refractivity contribution in [2.24, 2.45) is 0 Å². The third-order valence-electron chi connectivity index (χ3n) is 8.84. The fourth-order valence-electron chi connectivity index (χ4n) is 6.11.